The Balaban J connectivity index is 1.99. The smallest absolute Gasteiger partial charge is 0.241 e. The minimum absolute atomic E-state index is 0.108. The molecule has 2 rings (SSSR count). The molecule has 7 heteroatoms. The molecule has 19 heavy (non-hydrogen) atoms. The fraction of sp³-hybridized carbons (Fsp3) is 0.833. The largest absolute Gasteiger partial charge is 0.394 e. The van der Waals surface area contributed by atoms with Gasteiger partial charge in [-0.1, -0.05) is 0 Å². The van der Waals surface area contributed by atoms with Crippen LogP contribution in [0.15, 0.2) is 0 Å². The van der Waals surface area contributed by atoms with E-state index in [0.717, 1.165) is 25.1 Å². The first-order chi connectivity index (χ1) is 9.00. The van der Waals surface area contributed by atoms with Gasteiger partial charge in [0.2, 0.25) is 11.8 Å². The monoisotopic (exact) mass is 287 g/mol. The van der Waals surface area contributed by atoms with E-state index >= 15 is 0 Å². The van der Waals surface area contributed by atoms with Crippen molar-refractivity contribution in [3.63, 3.8) is 0 Å². The Kier molecular flexibility index (Phi) is 4.37. The van der Waals surface area contributed by atoms with E-state index in [-0.39, 0.29) is 23.3 Å². The van der Waals surface area contributed by atoms with Crippen LogP contribution in [-0.2, 0) is 9.59 Å². The molecule has 0 aliphatic carbocycles. The molecule has 2 amide bonds. The van der Waals surface area contributed by atoms with Crippen molar-refractivity contribution in [2.75, 3.05) is 32.0 Å². The van der Waals surface area contributed by atoms with Gasteiger partial charge in [0.05, 0.1) is 11.5 Å². The first kappa shape index (κ1) is 14.6. The van der Waals surface area contributed by atoms with Crippen LogP contribution in [0.4, 0.5) is 0 Å². The molecule has 1 atom stereocenters. The zero-order valence-corrected chi connectivity index (χ0v) is 12.0. The molecule has 3 N–H and O–H groups in total. The Hall–Kier alpha value is -0.790. The predicted octanol–water partition coefficient (Wildman–Crippen LogP) is -0.780. The zero-order valence-electron chi connectivity index (χ0n) is 11.2. The van der Waals surface area contributed by atoms with Crippen LogP contribution >= 0.6 is 11.8 Å². The highest BCUT2D eigenvalue weighted by Crippen LogP contribution is 2.43. The third kappa shape index (κ3) is 2.73. The second-order valence-electron chi connectivity index (χ2n) is 5.08. The van der Waals surface area contributed by atoms with Crippen LogP contribution in [0.2, 0.25) is 0 Å². The quantitative estimate of drug-likeness (QED) is 0.696. The van der Waals surface area contributed by atoms with E-state index < -0.39 is 6.04 Å². The Labute approximate surface area is 117 Å². The van der Waals surface area contributed by atoms with Crippen LogP contribution in [-0.4, -0.2) is 69.6 Å². The lowest BCUT2D eigenvalue weighted by atomic mass is 10.0. The lowest BCUT2D eigenvalue weighted by molar-refractivity contribution is -0.137. The highest BCUT2D eigenvalue weighted by Gasteiger charge is 2.46. The molecule has 0 saturated carbocycles. The molecule has 0 bridgehead atoms. The number of likely N-dealkylation sites (tertiary alicyclic amines) is 1. The number of hydrogen-bond acceptors (Lipinski definition) is 5. The number of carbonyl (C=O) groups is 2. The summed E-state index contributed by atoms with van der Waals surface area (Å²) in [5.74, 6) is 0.871. The molecule has 0 aromatic heterocycles. The molecule has 2 aliphatic rings. The SMILES string of the molecule is CC(=O)N1CCSC12CCN(C(=O)[C@@H](N)CO)CC2. The number of nitrogens with two attached hydrogens (primary N) is 1. The van der Waals surface area contributed by atoms with Crippen LogP contribution in [0.5, 0.6) is 0 Å². The number of hydrogen-bond donors (Lipinski definition) is 2. The Morgan fingerprint density at radius 2 is 2.00 bits per heavy atom. The number of aliphatic hydroxyl groups excluding tert-OH is 1. The van der Waals surface area contributed by atoms with Gasteiger partial charge in [0.25, 0.3) is 0 Å². The highest BCUT2D eigenvalue weighted by atomic mass is 32.2. The van der Waals surface area contributed by atoms with E-state index in [1.54, 1.807) is 11.8 Å². The van der Waals surface area contributed by atoms with Crippen molar-refractivity contribution in [3.8, 4) is 0 Å². The molecular formula is C12H21N3O3S. The average molecular weight is 287 g/mol. The fourth-order valence-corrected chi connectivity index (χ4v) is 4.36. The number of piperidine rings is 1. The predicted molar refractivity (Wildman–Crippen MR) is 73.5 cm³/mol. The second kappa shape index (κ2) is 5.68. The van der Waals surface area contributed by atoms with Gasteiger partial charge in [-0.2, -0.15) is 0 Å². The van der Waals surface area contributed by atoms with Gasteiger partial charge >= 0.3 is 0 Å². The Morgan fingerprint density at radius 3 is 2.53 bits per heavy atom. The van der Waals surface area contributed by atoms with Crippen LogP contribution < -0.4 is 5.73 Å². The minimum atomic E-state index is -0.825. The highest BCUT2D eigenvalue weighted by molar-refractivity contribution is 8.00. The van der Waals surface area contributed by atoms with Gasteiger partial charge < -0.3 is 20.6 Å². The van der Waals surface area contributed by atoms with Crippen LogP contribution in [0.25, 0.3) is 0 Å². The lowest BCUT2D eigenvalue weighted by Gasteiger charge is -2.44. The number of rotatable bonds is 2. The molecule has 2 heterocycles. The van der Waals surface area contributed by atoms with E-state index in [1.165, 1.54) is 0 Å². The zero-order chi connectivity index (χ0) is 14.0. The Morgan fingerprint density at radius 1 is 1.37 bits per heavy atom. The van der Waals surface area contributed by atoms with E-state index in [9.17, 15) is 9.59 Å². The van der Waals surface area contributed by atoms with E-state index in [4.69, 9.17) is 10.8 Å². The maximum atomic E-state index is 11.9. The van der Waals surface area contributed by atoms with Gasteiger partial charge in [-0.25, -0.2) is 0 Å². The average Bonchev–Trinajstić information content (AvgIpc) is 2.81. The first-order valence-corrected chi connectivity index (χ1v) is 7.56. The van der Waals surface area contributed by atoms with Gasteiger partial charge in [0.1, 0.15) is 6.04 Å². The summed E-state index contributed by atoms with van der Waals surface area (Å²) in [5.41, 5.74) is 5.56. The number of thioether (sulfide) groups is 1. The summed E-state index contributed by atoms with van der Waals surface area (Å²) in [6, 6.07) is -0.825. The third-order valence-electron chi connectivity index (χ3n) is 3.93. The molecule has 2 aliphatic heterocycles. The summed E-state index contributed by atoms with van der Waals surface area (Å²) >= 11 is 1.82. The van der Waals surface area contributed by atoms with Crippen molar-refractivity contribution in [2.45, 2.75) is 30.7 Å². The first-order valence-electron chi connectivity index (χ1n) is 6.57. The number of nitrogens with zero attached hydrogens (tertiary/aromatic N) is 2. The van der Waals surface area contributed by atoms with Gasteiger partial charge in [-0.3, -0.25) is 9.59 Å². The van der Waals surface area contributed by atoms with Crippen LogP contribution in [0.3, 0.4) is 0 Å². The van der Waals surface area contributed by atoms with Crippen molar-refractivity contribution in [3.05, 3.63) is 0 Å². The summed E-state index contributed by atoms with van der Waals surface area (Å²) in [4.78, 5) is 27.1. The minimum Gasteiger partial charge on any atom is -0.394 e. The molecule has 0 unspecified atom stereocenters. The Bertz CT molecular complexity index is 369. The number of aliphatic hydroxyl groups is 1. The van der Waals surface area contributed by atoms with Crippen molar-refractivity contribution in [2.24, 2.45) is 5.73 Å². The van der Waals surface area contributed by atoms with E-state index in [2.05, 4.69) is 0 Å². The summed E-state index contributed by atoms with van der Waals surface area (Å²) in [6.45, 7) is 3.28. The summed E-state index contributed by atoms with van der Waals surface area (Å²) < 4.78 is 0. The number of amides is 2. The maximum Gasteiger partial charge on any atom is 0.241 e. The normalized spacial score (nSPS) is 23.7. The molecular weight excluding hydrogens is 266 g/mol. The second-order valence-corrected chi connectivity index (χ2v) is 6.54. The lowest BCUT2D eigenvalue weighted by Crippen LogP contribution is -2.55. The van der Waals surface area contributed by atoms with Gasteiger partial charge in [-0.05, 0) is 12.8 Å². The molecule has 108 valence electrons. The topological polar surface area (TPSA) is 86.9 Å². The maximum absolute atomic E-state index is 11.9. The summed E-state index contributed by atoms with van der Waals surface area (Å²) in [5, 5.41) is 8.93. The van der Waals surface area contributed by atoms with Crippen LogP contribution in [0, 0.1) is 0 Å². The fourth-order valence-electron chi connectivity index (χ4n) is 2.86. The van der Waals surface area contributed by atoms with E-state index in [1.807, 2.05) is 16.7 Å². The molecule has 0 radical (unpaired) electrons. The van der Waals surface area contributed by atoms with Gasteiger partial charge in [-0.15, -0.1) is 11.8 Å². The van der Waals surface area contributed by atoms with Crippen molar-refractivity contribution >= 4 is 23.6 Å². The molecule has 0 aromatic rings. The van der Waals surface area contributed by atoms with E-state index in [0.29, 0.717) is 13.1 Å². The molecule has 6 nitrogen and oxygen atoms in total. The van der Waals surface area contributed by atoms with Gasteiger partial charge in [0.15, 0.2) is 0 Å². The summed E-state index contributed by atoms with van der Waals surface area (Å²) in [6.07, 6.45) is 1.56. The summed E-state index contributed by atoms with van der Waals surface area (Å²) in [7, 11) is 0. The van der Waals surface area contributed by atoms with Crippen molar-refractivity contribution in [1.29, 1.82) is 0 Å². The van der Waals surface area contributed by atoms with Crippen molar-refractivity contribution < 1.29 is 14.7 Å². The molecule has 2 saturated heterocycles. The molecule has 1 spiro atoms. The molecule has 2 fully saturated rings. The third-order valence-corrected chi connectivity index (χ3v) is 5.48. The standard InChI is InChI=1S/C12H21N3O3S/c1-9(17)15-6-7-19-12(15)2-4-14(5-3-12)11(18)10(13)8-16/h10,16H,2-8,13H2,1H3/t10-/m0/s1. The number of carbonyl (C=O) groups excluding carboxylic acids is 2. The molecule has 0 aromatic carbocycles. The van der Waals surface area contributed by atoms with Gasteiger partial charge in [0, 0.05) is 32.3 Å². The van der Waals surface area contributed by atoms with Crippen LogP contribution in [0.1, 0.15) is 19.8 Å². The van der Waals surface area contributed by atoms with Crippen molar-refractivity contribution in [1.82, 2.24) is 9.80 Å².